The average Bonchev–Trinajstić information content (AvgIpc) is 2.42. The molecule has 1 aliphatic heterocycles. The van der Waals surface area contributed by atoms with Crippen molar-refractivity contribution in [1.82, 2.24) is 4.90 Å². The maximum atomic E-state index is 12.8. The summed E-state index contributed by atoms with van der Waals surface area (Å²) in [6.45, 7) is 3.82. The summed E-state index contributed by atoms with van der Waals surface area (Å²) in [5.74, 6) is -1.42. The first-order valence-corrected chi connectivity index (χ1v) is 6.98. The summed E-state index contributed by atoms with van der Waals surface area (Å²) in [4.78, 5) is 13.4. The first-order chi connectivity index (χ1) is 9.79. The second-order valence-corrected chi connectivity index (χ2v) is 5.52. The molecule has 2 rings (SSSR count). The highest BCUT2D eigenvalue weighted by Gasteiger charge is 2.42. The number of alkyl halides is 3. The molecule has 1 atom stereocenters. The first-order valence-electron chi connectivity index (χ1n) is 6.98. The fraction of sp³-hybridized carbons (Fsp3) is 0.533. The molecule has 1 aromatic rings. The minimum atomic E-state index is -4.24. The highest BCUT2D eigenvalue weighted by molar-refractivity contribution is 5.91. The number of aryl methyl sites for hydroxylation is 2. The van der Waals surface area contributed by atoms with Gasteiger partial charge in [0.2, 0.25) is 0 Å². The molecule has 0 bridgehead atoms. The number of para-hydroxylation sites is 1. The molecule has 0 spiro atoms. The van der Waals surface area contributed by atoms with Gasteiger partial charge in [0, 0.05) is 18.8 Å². The van der Waals surface area contributed by atoms with Crippen LogP contribution < -0.4 is 5.32 Å². The lowest BCUT2D eigenvalue weighted by Gasteiger charge is -2.33. The van der Waals surface area contributed by atoms with E-state index in [9.17, 15) is 18.0 Å². The number of likely N-dealkylation sites (tertiary alicyclic amines) is 1. The summed E-state index contributed by atoms with van der Waals surface area (Å²) >= 11 is 0. The number of piperidine rings is 1. The maximum absolute atomic E-state index is 12.8. The van der Waals surface area contributed by atoms with E-state index in [4.69, 9.17) is 0 Å². The third-order valence-electron chi connectivity index (χ3n) is 3.88. The average molecular weight is 300 g/mol. The zero-order chi connectivity index (χ0) is 15.6. The molecule has 2 amide bonds. The Balaban J connectivity index is 2.07. The number of rotatable bonds is 1. The molecule has 0 aliphatic carbocycles. The van der Waals surface area contributed by atoms with Crippen LogP contribution in [0.2, 0.25) is 0 Å². The van der Waals surface area contributed by atoms with Gasteiger partial charge in [-0.15, -0.1) is 0 Å². The molecule has 116 valence electrons. The fourth-order valence-corrected chi connectivity index (χ4v) is 2.63. The van der Waals surface area contributed by atoms with Gasteiger partial charge in [0.1, 0.15) is 0 Å². The van der Waals surface area contributed by atoms with E-state index in [-0.39, 0.29) is 13.0 Å². The molecule has 0 saturated carbocycles. The van der Waals surface area contributed by atoms with E-state index >= 15 is 0 Å². The zero-order valence-electron chi connectivity index (χ0n) is 12.1. The minimum Gasteiger partial charge on any atom is -0.324 e. The SMILES string of the molecule is Cc1cccc(C)c1NC(=O)N1CCC[C@H](C(F)(F)F)C1. The van der Waals surface area contributed by atoms with Gasteiger partial charge >= 0.3 is 12.2 Å². The molecule has 1 N–H and O–H groups in total. The van der Waals surface area contributed by atoms with Gasteiger partial charge in [-0.05, 0) is 37.8 Å². The monoisotopic (exact) mass is 300 g/mol. The molecule has 1 saturated heterocycles. The van der Waals surface area contributed by atoms with Gasteiger partial charge < -0.3 is 10.2 Å². The van der Waals surface area contributed by atoms with Crippen LogP contribution in [-0.2, 0) is 0 Å². The molecule has 1 fully saturated rings. The fourth-order valence-electron chi connectivity index (χ4n) is 2.63. The van der Waals surface area contributed by atoms with Gasteiger partial charge in [0.05, 0.1) is 5.92 Å². The van der Waals surface area contributed by atoms with Gasteiger partial charge in [-0.2, -0.15) is 13.2 Å². The van der Waals surface area contributed by atoms with Gasteiger partial charge in [-0.25, -0.2) is 4.79 Å². The Morgan fingerprint density at radius 1 is 1.29 bits per heavy atom. The molecule has 1 aromatic carbocycles. The summed E-state index contributed by atoms with van der Waals surface area (Å²) in [7, 11) is 0. The normalized spacial score (nSPS) is 19.5. The maximum Gasteiger partial charge on any atom is 0.393 e. The predicted molar refractivity (Wildman–Crippen MR) is 75.3 cm³/mol. The Hall–Kier alpha value is -1.72. The van der Waals surface area contributed by atoms with Crippen LogP contribution in [0.1, 0.15) is 24.0 Å². The lowest BCUT2D eigenvalue weighted by atomic mass is 9.98. The minimum absolute atomic E-state index is 0.0939. The Morgan fingerprint density at radius 2 is 1.90 bits per heavy atom. The van der Waals surface area contributed by atoms with Crippen LogP contribution in [0.25, 0.3) is 0 Å². The van der Waals surface area contributed by atoms with Gasteiger partial charge in [0.25, 0.3) is 0 Å². The van der Waals surface area contributed by atoms with E-state index in [1.165, 1.54) is 4.90 Å². The molecule has 0 aromatic heterocycles. The lowest BCUT2D eigenvalue weighted by Crippen LogP contribution is -2.46. The molecule has 21 heavy (non-hydrogen) atoms. The van der Waals surface area contributed by atoms with Crippen molar-refractivity contribution < 1.29 is 18.0 Å². The number of carbonyl (C=O) groups excluding carboxylic acids is 1. The molecule has 3 nitrogen and oxygen atoms in total. The molecule has 1 aliphatic rings. The van der Waals surface area contributed by atoms with Crippen LogP contribution >= 0.6 is 0 Å². The molecular weight excluding hydrogens is 281 g/mol. The van der Waals surface area contributed by atoms with E-state index in [0.717, 1.165) is 11.1 Å². The molecule has 0 radical (unpaired) electrons. The largest absolute Gasteiger partial charge is 0.393 e. The second kappa shape index (κ2) is 5.95. The number of nitrogens with one attached hydrogen (secondary N) is 1. The van der Waals surface area contributed by atoms with Crippen LogP contribution in [0.4, 0.5) is 23.7 Å². The summed E-state index contributed by atoms with van der Waals surface area (Å²) in [6.07, 6.45) is -3.77. The van der Waals surface area contributed by atoms with E-state index in [1.54, 1.807) is 0 Å². The second-order valence-electron chi connectivity index (χ2n) is 5.52. The van der Waals surface area contributed by atoms with E-state index in [0.29, 0.717) is 18.7 Å². The molecule has 0 unspecified atom stereocenters. The van der Waals surface area contributed by atoms with Crippen molar-refractivity contribution in [3.05, 3.63) is 29.3 Å². The van der Waals surface area contributed by atoms with Crippen molar-refractivity contribution in [2.75, 3.05) is 18.4 Å². The summed E-state index contributed by atoms with van der Waals surface area (Å²) in [5.41, 5.74) is 2.47. The van der Waals surface area contributed by atoms with Crippen LogP contribution in [-0.4, -0.2) is 30.2 Å². The molecule has 6 heteroatoms. The number of urea groups is 1. The Morgan fingerprint density at radius 3 is 2.48 bits per heavy atom. The summed E-state index contributed by atoms with van der Waals surface area (Å²) < 4.78 is 38.3. The van der Waals surface area contributed by atoms with Crippen LogP contribution in [0.5, 0.6) is 0 Å². The summed E-state index contributed by atoms with van der Waals surface area (Å²) in [6, 6.07) is 5.14. The van der Waals surface area contributed by atoms with Crippen molar-refractivity contribution >= 4 is 11.7 Å². The topological polar surface area (TPSA) is 32.3 Å². The standard InChI is InChI=1S/C15H19F3N2O/c1-10-5-3-6-11(2)13(10)19-14(21)20-8-4-7-12(9-20)15(16,17)18/h3,5-6,12H,4,7-9H2,1-2H3,(H,19,21)/t12-/m0/s1. The van der Waals surface area contributed by atoms with Crippen LogP contribution in [0.3, 0.4) is 0 Å². The third kappa shape index (κ3) is 3.68. The quantitative estimate of drug-likeness (QED) is 0.831. The van der Waals surface area contributed by atoms with Crippen molar-refractivity contribution in [3.8, 4) is 0 Å². The number of benzene rings is 1. The van der Waals surface area contributed by atoms with Crippen molar-refractivity contribution in [3.63, 3.8) is 0 Å². The number of hydrogen-bond acceptors (Lipinski definition) is 1. The van der Waals surface area contributed by atoms with Crippen molar-refractivity contribution in [1.29, 1.82) is 0 Å². The van der Waals surface area contributed by atoms with Crippen LogP contribution in [0, 0.1) is 19.8 Å². The van der Waals surface area contributed by atoms with Gasteiger partial charge in [-0.1, -0.05) is 18.2 Å². The van der Waals surface area contributed by atoms with Crippen molar-refractivity contribution in [2.24, 2.45) is 5.92 Å². The smallest absolute Gasteiger partial charge is 0.324 e. The van der Waals surface area contributed by atoms with Gasteiger partial charge in [-0.3, -0.25) is 0 Å². The molecular formula is C15H19F3N2O. The zero-order valence-corrected chi connectivity index (χ0v) is 12.1. The van der Waals surface area contributed by atoms with E-state index < -0.39 is 18.1 Å². The number of amides is 2. The first kappa shape index (κ1) is 15.7. The lowest BCUT2D eigenvalue weighted by molar-refractivity contribution is -0.183. The third-order valence-corrected chi connectivity index (χ3v) is 3.88. The van der Waals surface area contributed by atoms with Gasteiger partial charge in [0.15, 0.2) is 0 Å². The Bertz CT molecular complexity index is 508. The highest BCUT2D eigenvalue weighted by atomic mass is 19.4. The van der Waals surface area contributed by atoms with E-state index in [2.05, 4.69) is 5.32 Å². The number of anilines is 1. The Kier molecular flexibility index (Phi) is 4.44. The number of halogens is 3. The van der Waals surface area contributed by atoms with E-state index in [1.807, 2.05) is 32.0 Å². The Labute approximate surface area is 122 Å². The van der Waals surface area contributed by atoms with Crippen LogP contribution in [0.15, 0.2) is 18.2 Å². The number of carbonyl (C=O) groups is 1. The molecule has 1 heterocycles. The number of hydrogen-bond donors (Lipinski definition) is 1. The highest BCUT2D eigenvalue weighted by Crippen LogP contribution is 2.33. The predicted octanol–water partition coefficient (Wildman–Crippen LogP) is 4.11. The van der Waals surface area contributed by atoms with Crippen molar-refractivity contribution in [2.45, 2.75) is 32.9 Å². The summed E-state index contributed by atoms with van der Waals surface area (Å²) in [5, 5.41) is 2.74. The number of nitrogens with zero attached hydrogens (tertiary/aromatic N) is 1.